The van der Waals surface area contributed by atoms with Gasteiger partial charge in [0.05, 0.1) is 0 Å². The Labute approximate surface area is 73.9 Å². The Bertz CT molecular complexity index is 153. The third-order valence-corrected chi connectivity index (χ3v) is 2.52. The number of amides is 1. The Balaban J connectivity index is 2.29. The van der Waals surface area contributed by atoms with Crippen LogP contribution in [0.2, 0.25) is 0 Å². The van der Waals surface area contributed by atoms with Crippen LogP contribution in [-0.4, -0.2) is 25.0 Å². The molecule has 1 amide bonds. The lowest BCUT2D eigenvalue weighted by Crippen LogP contribution is -2.41. The third kappa shape index (κ3) is 2.81. The van der Waals surface area contributed by atoms with E-state index in [1.165, 1.54) is 12.8 Å². The minimum atomic E-state index is 0.0843. The summed E-state index contributed by atoms with van der Waals surface area (Å²) in [6.07, 6.45) is 2.36. The van der Waals surface area contributed by atoms with Gasteiger partial charge in [0.1, 0.15) is 0 Å². The van der Waals surface area contributed by atoms with Gasteiger partial charge in [-0.15, -0.1) is 0 Å². The highest BCUT2D eigenvalue weighted by Crippen LogP contribution is 2.15. The van der Waals surface area contributed by atoms with Crippen molar-refractivity contribution in [1.29, 1.82) is 0 Å². The number of hydrogen-bond donors (Lipinski definition) is 2. The third-order valence-electron chi connectivity index (χ3n) is 2.52. The van der Waals surface area contributed by atoms with E-state index in [9.17, 15) is 4.79 Å². The molecule has 0 aromatic carbocycles. The number of piperidine rings is 1. The average Bonchev–Trinajstić information content (AvgIpc) is 2.05. The summed E-state index contributed by atoms with van der Waals surface area (Å²) in [6.45, 7) is 5.86. The number of carbonyl (C=O) groups excluding carboxylic acids is 1. The van der Waals surface area contributed by atoms with Crippen molar-refractivity contribution in [1.82, 2.24) is 10.6 Å². The lowest BCUT2D eigenvalue weighted by Gasteiger charge is -2.28. The van der Waals surface area contributed by atoms with Crippen molar-refractivity contribution < 1.29 is 4.79 Å². The van der Waals surface area contributed by atoms with E-state index in [0.29, 0.717) is 12.0 Å². The lowest BCUT2D eigenvalue weighted by molar-refractivity contribution is -0.119. The van der Waals surface area contributed by atoms with Crippen molar-refractivity contribution in [3.05, 3.63) is 0 Å². The van der Waals surface area contributed by atoms with E-state index in [4.69, 9.17) is 0 Å². The van der Waals surface area contributed by atoms with Gasteiger partial charge in [-0.05, 0) is 38.8 Å². The monoisotopic (exact) mass is 170 g/mol. The zero-order chi connectivity index (χ0) is 8.97. The van der Waals surface area contributed by atoms with E-state index >= 15 is 0 Å². The van der Waals surface area contributed by atoms with E-state index in [1.807, 2.05) is 0 Å². The second-order valence-electron chi connectivity index (χ2n) is 3.58. The van der Waals surface area contributed by atoms with E-state index in [2.05, 4.69) is 17.6 Å². The SMILES string of the molecule is CC(=O)N[C@H](C)C1CCNCC1. The highest BCUT2D eigenvalue weighted by atomic mass is 16.1. The maximum Gasteiger partial charge on any atom is 0.217 e. The quantitative estimate of drug-likeness (QED) is 0.634. The summed E-state index contributed by atoms with van der Waals surface area (Å²) in [7, 11) is 0. The first kappa shape index (κ1) is 9.52. The molecule has 2 N–H and O–H groups in total. The Hall–Kier alpha value is -0.570. The van der Waals surface area contributed by atoms with Crippen LogP contribution in [0.25, 0.3) is 0 Å². The van der Waals surface area contributed by atoms with Crippen molar-refractivity contribution in [2.75, 3.05) is 13.1 Å². The summed E-state index contributed by atoms with van der Waals surface area (Å²) >= 11 is 0. The summed E-state index contributed by atoms with van der Waals surface area (Å²) in [5.41, 5.74) is 0. The number of rotatable bonds is 2. The highest BCUT2D eigenvalue weighted by Gasteiger charge is 2.19. The molecule has 70 valence electrons. The summed E-state index contributed by atoms with van der Waals surface area (Å²) in [4.78, 5) is 10.8. The van der Waals surface area contributed by atoms with Gasteiger partial charge in [0.2, 0.25) is 5.91 Å². The van der Waals surface area contributed by atoms with Crippen LogP contribution in [0.4, 0.5) is 0 Å². The molecule has 1 aliphatic rings. The normalized spacial score (nSPS) is 21.8. The summed E-state index contributed by atoms with van der Waals surface area (Å²) in [6, 6.07) is 0.338. The van der Waals surface area contributed by atoms with Gasteiger partial charge < -0.3 is 10.6 Å². The predicted molar refractivity (Wildman–Crippen MR) is 48.9 cm³/mol. The van der Waals surface area contributed by atoms with Gasteiger partial charge in [-0.2, -0.15) is 0 Å². The molecule has 0 aromatic heterocycles. The summed E-state index contributed by atoms with van der Waals surface area (Å²) < 4.78 is 0. The van der Waals surface area contributed by atoms with Crippen LogP contribution in [0.15, 0.2) is 0 Å². The van der Waals surface area contributed by atoms with Crippen LogP contribution in [0, 0.1) is 5.92 Å². The van der Waals surface area contributed by atoms with Crippen molar-refractivity contribution in [2.24, 2.45) is 5.92 Å². The Morgan fingerprint density at radius 2 is 2.08 bits per heavy atom. The fourth-order valence-electron chi connectivity index (χ4n) is 1.78. The molecule has 0 aromatic rings. The van der Waals surface area contributed by atoms with Gasteiger partial charge in [0.15, 0.2) is 0 Å². The van der Waals surface area contributed by atoms with Crippen LogP contribution >= 0.6 is 0 Å². The maximum atomic E-state index is 10.8. The van der Waals surface area contributed by atoms with Crippen LogP contribution in [0.1, 0.15) is 26.7 Å². The molecule has 0 bridgehead atoms. The minimum Gasteiger partial charge on any atom is -0.354 e. The first-order chi connectivity index (χ1) is 5.70. The van der Waals surface area contributed by atoms with Gasteiger partial charge in [0, 0.05) is 13.0 Å². The van der Waals surface area contributed by atoms with Crippen LogP contribution < -0.4 is 10.6 Å². The molecule has 0 saturated carbocycles. The van der Waals surface area contributed by atoms with Gasteiger partial charge in [-0.3, -0.25) is 4.79 Å². The highest BCUT2D eigenvalue weighted by molar-refractivity contribution is 5.73. The molecule has 0 aliphatic carbocycles. The molecule has 1 fully saturated rings. The maximum absolute atomic E-state index is 10.8. The van der Waals surface area contributed by atoms with E-state index < -0.39 is 0 Å². The molecular formula is C9H18N2O. The molecule has 1 rings (SSSR count). The lowest BCUT2D eigenvalue weighted by atomic mass is 9.91. The van der Waals surface area contributed by atoms with Crippen molar-refractivity contribution >= 4 is 5.91 Å². The molecule has 1 aliphatic heterocycles. The van der Waals surface area contributed by atoms with E-state index in [1.54, 1.807) is 6.92 Å². The van der Waals surface area contributed by atoms with Gasteiger partial charge >= 0.3 is 0 Å². The van der Waals surface area contributed by atoms with Crippen molar-refractivity contribution in [2.45, 2.75) is 32.7 Å². The van der Waals surface area contributed by atoms with E-state index in [0.717, 1.165) is 13.1 Å². The second-order valence-corrected chi connectivity index (χ2v) is 3.58. The molecule has 0 spiro atoms. The molecule has 3 heteroatoms. The molecule has 1 atom stereocenters. The zero-order valence-electron chi connectivity index (χ0n) is 7.89. The van der Waals surface area contributed by atoms with Gasteiger partial charge in [-0.25, -0.2) is 0 Å². The fourth-order valence-corrected chi connectivity index (χ4v) is 1.78. The van der Waals surface area contributed by atoms with Gasteiger partial charge in [-0.1, -0.05) is 0 Å². The van der Waals surface area contributed by atoms with Crippen LogP contribution in [0.3, 0.4) is 0 Å². The molecule has 12 heavy (non-hydrogen) atoms. The molecular weight excluding hydrogens is 152 g/mol. The topological polar surface area (TPSA) is 41.1 Å². The van der Waals surface area contributed by atoms with Crippen LogP contribution in [0.5, 0.6) is 0 Å². The molecule has 1 heterocycles. The molecule has 3 nitrogen and oxygen atoms in total. The van der Waals surface area contributed by atoms with Gasteiger partial charge in [0.25, 0.3) is 0 Å². The minimum absolute atomic E-state index is 0.0843. The van der Waals surface area contributed by atoms with Crippen molar-refractivity contribution in [3.63, 3.8) is 0 Å². The predicted octanol–water partition coefficient (Wildman–Crippen LogP) is 0.511. The number of nitrogens with one attached hydrogen (secondary N) is 2. The Morgan fingerprint density at radius 1 is 1.50 bits per heavy atom. The Morgan fingerprint density at radius 3 is 2.58 bits per heavy atom. The zero-order valence-corrected chi connectivity index (χ0v) is 7.89. The number of carbonyl (C=O) groups is 1. The molecule has 0 radical (unpaired) electrons. The summed E-state index contributed by atoms with van der Waals surface area (Å²) in [5, 5.41) is 6.26. The Kier molecular flexibility index (Phi) is 3.53. The van der Waals surface area contributed by atoms with Crippen LogP contribution in [-0.2, 0) is 4.79 Å². The molecule has 0 unspecified atom stereocenters. The largest absolute Gasteiger partial charge is 0.354 e. The first-order valence-corrected chi connectivity index (χ1v) is 4.68. The average molecular weight is 170 g/mol. The fraction of sp³-hybridized carbons (Fsp3) is 0.889. The van der Waals surface area contributed by atoms with Crippen molar-refractivity contribution in [3.8, 4) is 0 Å². The van der Waals surface area contributed by atoms with E-state index in [-0.39, 0.29) is 5.91 Å². The number of hydrogen-bond acceptors (Lipinski definition) is 2. The summed E-state index contributed by atoms with van der Waals surface area (Å²) in [5.74, 6) is 0.746. The standard InChI is InChI=1S/C9H18N2O/c1-7(11-8(2)12)9-3-5-10-6-4-9/h7,9-10H,3-6H2,1-2H3,(H,11,12)/t7-/m1/s1. The first-order valence-electron chi connectivity index (χ1n) is 4.68. The second kappa shape index (κ2) is 4.45. The molecule has 1 saturated heterocycles. The smallest absolute Gasteiger partial charge is 0.217 e.